The fraction of sp³-hybridized carbons (Fsp3) is 0.0714. The Kier molecular flexibility index (Phi) is 3.82. The minimum atomic E-state index is -4.11. The number of hydrogen-bond donors (Lipinski definition) is 2. The van der Waals surface area contributed by atoms with Gasteiger partial charge < -0.3 is 5.73 Å². The third-order valence-corrected chi connectivity index (χ3v) is 4.24. The van der Waals surface area contributed by atoms with Crippen molar-refractivity contribution in [2.24, 2.45) is 0 Å². The van der Waals surface area contributed by atoms with Gasteiger partial charge in [-0.25, -0.2) is 12.8 Å². The molecule has 108 valence electrons. The van der Waals surface area contributed by atoms with Crippen LogP contribution in [0.5, 0.6) is 0 Å². The van der Waals surface area contributed by atoms with Gasteiger partial charge >= 0.3 is 0 Å². The number of nitrogens with zero attached hydrogens (tertiary/aromatic N) is 1. The van der Waals surface area contributed by atoms with E-state index in [4.69, 9.17) is 11.0 Å². The lowest BCUT2D eigenvalue weighted by molar-refractivity contribution is 0.593. The van der Waals surface area contributed by atoms with Crippen LogP contribution in [0.2, 0.25) is 0 Å². The van der Waals surface area contributed by atoms with Gasteiger partial charge in [0, 0.05) is 0 Å². The molecule has 0 aliphatic heterocycles. The van der Waals surface area contributed by atoms with E-state index in [1.807, 2.05) is 0 Å². The standard InChI is InChI=1S/C14H12FN3O2S/c1-9-5-6-12(17)13(7-9)18-21(19,20)14-4-2-3-11(15)10(14)8-16/h2-7,18H,17H2,1H3. The molecule has 7 heteroatoms. The van der Waals surface area contributed by atoms with Crippen LogP contribution in [0, 0.1) is 24.1 Å². The Morgan fingerprint density at radius 1 is 1.29 bits per heavy atom. The van der Waals surface area contributed by atoms with E-state index in [0.717, 1.165) is 17.7 Å². The van der Waals surface area contributed by atoms with Crippen LogP contribution in [-0.2, 0) is 10.0 Å². The van der Waals surface area contributed by atoms with Gasteiger partial charge in [0.1, 0.15) is 22.3 Å². The van der Waals surface area contributed by atoms with Crippen molar-refractivity contribution in [2.75, 3.05) is 10.5 Å². The molecule has 2 rings (SSSR count). The van der Waals surface area contributed by atoms with Crippen molar-refractivity contribution in [3.63, 3.8) is 0 Å². The maximum Gasteiger partial charge on any atom is 0.263 e. The Balaban J connectivity index is 2.52. The summed E-state index contributed by atoms with van der Waals surface area (Å²) < 4.78 is 40.4. The molecular weight excluding hydrogens is 293 g/mol. The first kappa shape index (κ1) is 14.8. The van der Waals surface area contributed by atoms with E-state index in [9.17, 15) is 12.8 Å². The number of benzene rings is 2. The van der Waals surface area contributed by atoms with Crippen LogP contribution in [0.15, 0.2) is 41.3 Å². The number of nitrogens with two attached hydrogens (primary N) is 1. The predicted molar refractivity (Wildman–Crippen MR) is 77.5 cm³/mol. The summed E-state index contributed by atoms with van der Waals surface area (Å²) in [7, 11) is -4.11. The zero-order chi connectivity index (χ0) is 15.6. The molecule has 0 aromatic heterocycles. The highest BCUT2D eigenvalue weighted by Gasteiger charge is 2.22. The van der Waals surface area contributed by atoms with Crippen LogP contribution < -0.4 is 10.5 Å². The Bertz CT molecular complexity index is 842. The van der Waals surface area contributed by atoms with Gasteiger partial charge in [0.15, 0.2) is 0 Å². The molecule has 0 heterocycles. The van der Waals surface area contributed by atoms with Gasteiger partial charge in [0.2, 0.25) is 0 Å². The first-order valence-electron chi connectivity index (χ1n) is 5.92. The second-order valence-corrected chi connectivity index (χ2v) is 6.07. The minimum absolute atomic E-state index is 0.183. The highest BCUT2D eigenvalue weighted by atomic mass is 32.2. The lowest BCUT2D eigenvalue weighted by Gasteiger charge is -2.12. The molecule has 0 amide bonds. The summed E-state index contributed by atoms with van der Waals surface area (Å²) in [6.07, 6.45) is 0. The van der Waals surface area contributed by atoms with Crippen molar-refractivity contribution < 1.29 is 12.8 Å². The fourth-order valence-electron chi connectivity index (χ4n) is 1.80. The molecule has 2 aromatic rings. The van der Waals surface area contributed by atoms with Crippen molar-refractivity contribution in [3.05, 3.63) is 53.3 Å². The molecule has 0 aliphatic rings. The first-order chi connectivity index (χ1) is 9.85. The maximum absolute atomic E-state index is 13.5. The van der Waals surface area contributed by atoms with Gasteiger partial charge in [-0.15, -0.1) is 0 Å². The Hall–Kier alpha value is -2.59. The molecule has 0 spiro atoms. The first-order valence-corrected chi connectivity index (χ1v) is 7.41. The number of aryl methyl sites for hydroxylation is 1. The molecule has 0 bridgehead atoms. The summed E-state index contributed by atoms with van der Waals surface area (Å²) in [5, 5.41) is 8.92. The molecule has 21 heavy (non-hydrogen) atoms. The van der Waals surface area contributed by atoms with Crippen LogP contribution >= 0.6 is 0 Å². The summed E-state index contributed by atoms with van der Waals surface area (Å²) in [5.41, 5.74) is 6.40. The summed E-state index contributed by atoms with van der Waals surface area (Å²) in [5.74, 6) is -0.891. The van der Waals surface area contributed by atoms with E-state index in [2.05, 4.69) is 4.72 Å². The Morgan fingerprint density at radius 2 is 2.00 bits per heavy atom. The smallest absolute Gasteiger partial charge is 0.263 e. The van der Waals surface area contributed by atoms with Crippen molar-refractivity contribution in [1.82, 2.24) is 0 Å². The van der Waals surface area contributed by atoms with Crippen LogP contribution in [0.25, 0.3) is 0 Å². The van der Waals surface area contributed by atoms with Gasteiger partial charge in [-0.05, 0) is 36.8 Å². The topological polar surface area (TPSA) is 96.0 Å². The molecule has 0 aliphatic carbocycles. The third-order valence-electron chi connectivity index (χ3n) is 2.83. The van der Waals surface area contributed by atoms with Crippen molar-refractivity contribution in [3.8, 4) is 6.07 Å². The van der Waals surface area contributed by atoms with E-state index < -0.39 is 26.3 Å². The molecule has 5 nitrogen and oxygen atoms in total. The van der Waals surface area contributed by atoms with Crippen LogP contribution in [0.3, 0.4) is 0 Å². The second kappa shape index (κ2) is 5.42. The zero-order valence-electron chi connectivity index (χ0n) is 11.1. The lowest BCUT2D eigenvalue weighted by Crippen LogP contribution is -2.16. The number of nitriles is 1. The molecule has 0 fully saturated rings. The summed E-state index contributed by atoms with van der Waals surface area (Å²) in [6, 6.07) is 9.82. The van der Waals surface area contributed by atoms with Crippen molar-refractivity contribution >= 4 is 21.4 Å². The molecule has 0 saturated heterocycles. The molecule has 0 radical (unpaired) electrons. The highest BCUT2D eigenvalue weighted by Crippen LogP contribution is 2.25. The lowest BCUT2D eigenvalue weighted by atomic mass is 10.2. The number of halogens is 1. The summed E-state index contributed by atoms with van der Waals surface area (Å²) >= 11 is 0. The molecule has 2 aromatic carbocycles. The van der Waals surface area contributed by atoms with Gasteiger partial charge in [0.25, 0.3) is 10.0 Å². The molecular formula is C14H12FN3O2S. The van der Waals surface area contributed by atoms with E-state index in [1.165, 1.54) is 6.07 Å². The average molecular weight is 305 g/mol. The van der Waals surface area contributed by atoms with Gasteiger partial charge in [-0.1, -0.05) is 12.1 Å². The van der Waals surface area contributed by atoms with E-state index in [0.29, 0.717) is 0 Å². The maximum atomic E-state index is 13.5. The Labute approximate surface area is 121 Å². The summed E-state index contributed by atoms with van der Waals surface area (Å²) in [6.45, 7) is 1.78. The highest BCUT2D eigenvalue weighted by molar-refractivity contribution is 7.92. The van der Waals surface area contributed by atoms with Gasteiger partial charge in [-0.2, -0.15) is 5.26 Å². The van der Waals surface area contributed by atoms with Crippen LogP contribution in [0.4, 0.5) is 15.8 Å². The molecule has 0 atom stereocenters. The zero-order valence-corrected chi connectivity index (χ0v) is 11.9. The van der Waals surface area contributed by atoms with Gasteiger partial charge in [-0.3, -0.25) is 4.72 Å². The second-order valence-electron chi connectivity index (χ2n) is 4.42. The fourth-order valence-corrected chi connectivity index (χ4v) is 3.04. The number of nitrogens with one attached hydrogen (secondary N) is 1. The van der Waals surface area contributed by atoms with E-state index in [1.54, 1.807) is 31.2 Å². The SMILES string of the molecule is Cc1ccc(N)c(NS(=O)(=O)c2cccc(F)c2C#N)c1. The molecule has 0 saturated carbocycles. The van der Waals surface area contributed by atoms with Gasteiger partial charge in [0.05, 0.1) is 11.4 Å². The normalized spacial score (nSPS) is 10.9. The molecule has 3 N–H and O–H groups in total. The number of anilines is 2. The third kappa shape index (κ3) is 2.95. The van der Waals surface area contributed by atoms with E-state index >= 15 is 0 Å². The quantitative estimate of drug-likeness (QED) is 0.851. The Morgan fingerprint density at radius 3 is 2.67 bits per heavy atom. The largest absolute Gasteiger partial charge is 0.397 e. The van der Waals surface area contributed by atoms with Crippen LogP contribution in [-0.4, -0.2) is 8.42 Å². The number of rotatable bonds is 3. The number of sulfonamides is 1. The van der Waals surface area contributed by atoms with E-state index in [-0.39, 0.29) is 11.4 Å². The average Bonchev–Trinajstić information content (AvgIpc) is 2.42. The molecule has 0 unspecified atom stereocenters. The van der Waals surface area contributed by atoms with Crippen LogP contribution in [0.1, 0.15) is 11.1 Å². The summed E-state index contributed by atoms with van der Waals surface area (Å²) in [4.78, 5) is -0.425. The minimum Gasteiger partial charge on any atom is -0.397 e. The number of nitrogen functional groups attached to an aromatic ring is 1. The number of hydrogen-bond acceptors (Lipinski definition) is 4. The predicted octanol–water partition coefficient (Wildman–Crippen LogP) is 2.39. The monoisotopic (exact) mass is 305 g/mol. The van der Waals surface area contributed by atoms with Crippen molar-refractivity contribution in [2.45, 2.75) is 11.8 Å². The van der Waals surface area contributed by atoms with Crippen molar-refractivity contribution in [1.29, 1.82) is 5.26 Å².